The van der Waals surface area contributed by atoms with Crippen LogP contribution in [0.3, 0.4) is 0 Å². The maximum absolute atomic E-state index is 11.9. The number of Topliss-reactive ketones (excluding diaryl/α,β-unsaturated/α-hetero) is 1. The molecule has 5 rings (SSSR count). The summed E-state index contributed by atoms with van der Waals surface area (Å²) in [7, 11) is 0. The molecule has 0 amide bonds. The highest BCUT2D eigenvalue weighted by atomic mass is 16.3. The lowest BCUT2D eigenvalue weighted by Crippen LogP contribution is -2.21. The molecule has 1 unspecified atom stereocenters. The number of fused-ring (bicyclic) bond motifs is 1. The maximum Gasteiger partial charge on any atom is 0.229 e. The summed E-state index contributed by atoms with van der Waals surface area (Å²) in [6, 6.07) is 7.56. The molecule has 1 aliphatic heterocycles. The summed E-state index contributed by atoms with van der Waals surface area (Å²) in [4.78, 5) is 26.2. The number of likely N-dealkylation sites (tertiary alicyclic amines) is 1. The molecule has 1 fully saturated rings. The average molecular weight is 432 g/mol. The standard InChI is InChI=1S/C23H25N7O2/c1-14-16(11-29-8-6-18(32)13-29)12-30(28-14)22-5-7-24-23(27-22)26-17-3-4-21-19(9-17)20(10-25-21)15(2)31/h3-5,7,9-10,12,18,25,32H,6,8,11,13H2,1-2H3,(H,24,26,27). The molecule has 1 aromatic carbocycles. The van der Waals surface area contributed by atoms with Crippen molar-refractivity contribution in [2.24, 2.45) is 0 Å². The molecule has 164 valence electrons. The summed E-state index contributed by atoms with van der Waals surface area (Å²) < 4.78 is 1.76. The van der Waals surface area contributed by atoms with Crippen LogP contribution >= 0.6 is 0 Å². The fourth-order valence-corrected chi connectivity index (χ4v) is 4.12. The predicted octanol–water partition coefficient (Wildman–Crippen LogP) is 2.96. The Labute approximate surface area is 185 Å². The lowest BCUT2D eigenvalue weighted by molar-refractivity contribution is 0.101. The van der Waals surface area contributed by atoms with E-state index in [1.807, 2.05) is 37.4 Å². The molecule has 1 aliphatic rings. The van der Waals surface area contributed by atoms with Gasteiger partial charge < -0.3 is 15.4 Å². The van der Waals surface area contributed by atoms with Gasteiger partial charge >= 0.3 is 0 Å². The van der Waals surface area contributed by atoms with Crippen molar-refractivity contribution in [3.8, 4) is 5.82 Å². The summed E-state index contributed by atoms with van der Waals surface area (Å²) in [6.45, 7) is 5.89. The number of aliphatic hydroxyl groups is 1. The Morgan fingerprint density at radius 2 is 2.22 bits per heavy atom. The largest absolute Gasteiger partial charge is 0.392 e. The van der Waals surface area contributed by atoms with Crippen LogP contribution in [0.4, 0.5) is 11.6 Å². The number of hydrogen-bond acceptors (Lipinski definition) is 7. The molecular weight excluding hydrogens is 406 g/mol. The van der Waals surface area contributed by atoms with E-state index < -0.39 is 0 Å². The number of carbonyl (C=O) groups excluding carboxylic acids is 1. The SMILES string of the molecule is CC(=O)c1c[nH]c2ccc(Nc3nccc(-n4cc(CN5CCC(O)C5)c(C)n4)n3)cc12. The summed E-state index contributed by atoms with van der Waals surface area (Å²) in [5.74, 6) is 1.12. The summed E-state index contributed by atoms with van der Waals surface area (Å²) in [5.41, 5.74) is 4.40. The van der Waals surface area contributed by atoms with Crippen LogP contribution in [-0.4, -0.2) is 59.7 Å². The van der Waals surface area contributed by atoms with Crippen LogP contribution < -0.4 is 5.32 Å². The number of hydrogen-bond donors (Lipinski definition) is 3. The first-order valence-electron chi connectivity index (χ1n) is 10.6. The molecule has 9 nitrogen and oxygen atoms in total. The van der Waals surface area contributed by atoms with E-state index in [1.54, 1.807) is 24.0 Å². The summed E-state index contributed by atoms with van der Waals surface area (Å²) in [5, 5.41) is 18.5. The van der Waals surface area contributed by atoms with Crippen LogP contribution in [0, 0.1) is 6.92 Å². The van der Waals surface area contributed by atoms with Crippen LogP contribution in [0.5, 0.6) is 0 Å². The fraction of sp³-hybridized carbons (Fsp3) is 0.304. The molecule has 9 heteroatoms. The summed E-state index contributed by atoms with van der Waals surface area (Å²) in [6.07, 6.45) is 5.98. The Morgan fingerprint density at radius 1 is 1.34 bits per heavy atom. The quantitative estimate of drug-likeness (QED) is 0.402. The number of aliphatic hydroxyl groups excluding tert-OH is 1. The van der Waals surface area contributed by atoms with Gasteiger partial charge in [-0.15, -0.1) is 0 Å². The monoisotopic (exact) mass is 431 g/mol. The number of aromatic nitrogens is 5. The molecular formula is C23H25N7O2. The number of ketones is 1. The zero-order valence-corrected chi connectivity index (χ0v) is 18.0. The Hall–Kier alpha value is -3.56. The molecule has 4 heterocycles. The Bertz CT molecular complexity index is 1290. The molecule has 0 bridgehead atoms. The minimum Gasteiger partial charge on any atom is -0.392 e. The molecule has 0 spiro atoms. The number of anilines is 2. The van der Waals surface area contributed by atoms with Crippen LogP contribution in [0.15, 0.2) is 42.9 Å². The van der Waals surface area contributed by atoms with E-state index in [-0.39, 0.29) is 11.9 Å². The number of H-pyrrole nitrogens is 1. The number of aromatic amines is 1. The maximum atomic E-state index is 11.9. The van der Waals surface area contributed by atoms with E-state index in [2.05, 4.69) is 30.3 Å². The van der Waals surface area contributed by atoms with Crippen molar-refractivity contribution in [3.63, 3.8) is 0 Å². The summed E-state index contributed by atoms with van der Waals surface area (Å²) >= 11 is 0. The van der Waals surface area contributed by atoms with Crippen molar-refractivity contribution in [1.82, 2.24) is 29.6 Å². The average Bonchev–Trinajstić information content (AvgIpc) is 3.47. The highest BCUT2D eigenvalue weighted by Crippen LogP contribution is 2.24. The highest BCUT2D eigenvalue weighted by Gasteiger charge is 2.21. The van der Waals surface area contributed by atoms with Gasteiger partial charge in [0.15, 0.2) is 11.6 Å². The lowest BCUT2D eigenvalue weighted by Gasteiger charge is -2.13. The van der Waals surface area contributed by atoms with E-state index in [1.165, 1.54) is 0 Å². The minimum absolute atomic E-state index is 0.0138. The first-order valence-corrected chi connectivity index (χ1v) is 10.6. The van der Waals surface area contributed by atoms with Crippen molar-refractivity contribution in [2.45, 2.75) is 32.9 Å². The van der Waals surface area contributed by atoms with Crippen molar-refractivity contribution < 1.29 is 9.90 Å². The van der Waals surface area contributed by atoms with Crippen LogP contribution in [0.1, 0.15) is 35.0 Å². The Kier molecular flexibility index (Phi) is 5.20. The molecule has 0 saturated carbocycles. The van der Waals surface area contributed by atoms with Crippen molar-refractivity contribution in [2.75, 3.05) is 18.4 Å². The van der Waals surface area contributed by atoms with Crippen molar-refractivity contribution in [3.05, 3.63) is 59.7 Å². The third-order valence-electron chi connectivity index (χ3n) is 5.83. The van der Waals surface area contributed by atoms with E-state index in [0.29, 0.717) is 23.9 Å². The molecule has 4 aromatic rings. The molecule has 3 aromatic heterocycles. The van der Waals surface area contributed by atoms with Gasteiger partial charge in [-0.3, -0.25) is 9.69 Å². The van der Waals surface area contributed by atoms with E-state index in [9.17, 15) is 9.90 Å². The second-order valence-electron chi connectivity index (χ2n) is 8.24. The number of nitrogens with zero attached hydrogens (tertiary/aromatic N) is 5. The van der Waals surface area contributed by atoms with E-state index >= 15 is 0 Å². The number of benzene rings is 1. The number of rotatable bonds is 6. The van der Waals surface area contributed by atoms with Gasteiger partial charge in [0.2, 0.25) is 5.95 Å². The molecule has 0 radical (unpaired) electrons. The van der Waals surface area contributed by atoms with E-state index in [4.69, 9.17) is 0 Å². The van der Waals surface area contributed by atoms with Gasteiger partial charge in [-0.25, -0.2) is 9.67 Å². The van der Waals surface area contributed by atoms with Gasteiger partial charge in [-0.2, -0.15) is 10.1 Å². The smallest absolute Gasteiger partial charge is 0.229 e. The van der Waals surface area contributed by atoms with Gasteiger partial charge in [-0.05, 0) is 38.5 Å². The topological polar surface area (TPSA) is 112 Å². The van der Waals surface area contributed by atoms with Crippen LogP contribution in [0.25, 0.3) is 16.7 Å². The number of β-amino-alcohol motifs (C(OH)–C–C–N with tert-alkyl or cyclic N) is 1. The second kappa shape index (κ2) is 8.18. The first-order chi connectivity index (χ1) is 15.5. The first kappa shape index (κ1) is 20.3. The van der Waals surface area contributed by atoms with Gasteiger partial charge in [0.25, 0.3) is 0 Å². The zero-order chi connectivity index (χ0) is 22.2. The molecule has 0 aliphatic carbocycles. The third-order valence-corrected chi connectivity index (χ3v) is 5.83. The highest BCUT2D eigenvalue weighted by molar-refractivity contribution is 6.07. The van der Waals surface area contributed by atoms with Crippen molar-refractivity contribution >= 4 is 28.3 Å². The van der Waals surface area contributed by atoms with Gasteiger partial charge in [0.1, 0.15) is 0 Å². The number of aryl methyl sites for hydroxylation is 1. The van der Waals surface area contributed by atoms with Crippen LogP contribution in [-0.2, 0) is 6.54 Å². The lowest BCUT2D eigenvalue weighted by atomic mass is 10.1. The third kappa shape index (κ3) is 4.00. The zero-order valence-electron chi connectivity index (χ0n) is 18.0. The van der Waals surface area contributed by atoms with E-state index in [0.717, 1.165) is 47.4 Å². The molecule has 32 heavy (non-hydrogen) atoms. The number of nitrogens with one attached hydrogen (secondary N) is 2. The van der Waals surface area contributed by atoms with Gasteiger partial charge in [0.05, 0.1) is 11.8 Å². The Balaban J connectivity index is 1.37. The second-order valence-corrected chi connectivity index (χ2v) is 8.24. The van der Waals surface area contributed by atoms with Crippen LogP contribution in [0.2, 0.25) is 0 Å². The van der Waals surface area contributed by atoms with Gasteiger partial charge in [0, 0.05) is 72.0 Å². The van der Waals surface area contributed by atoms with Crippen molar-refractivity contribution in [1.29, 1.82) is 0 Å². The minimum atomic E-state index is -0.238. The molecule has 3 N–H and O–H groups in total. The molecule has 1 saturated heterocycles. The Morgan fingerprint density at radius 3 is 3.00 bits per heavy atom. The fourth-order valence-electron chi connectivity index (χ4n) is 4.12. The normalized spacial score (nSPS) is 16.7. The molecule has 1 atom stereocenters. The van der Waals surface area contributed by atoms with Gasteiger partial charge in [-0.1, -0.05) is 0 Å². The number of carbonyl (C=O) groups is 1. The predicted molar refractivity (Wildman–Crippen MR) is 121 cm³/mol.